The summed E-state index contributed by atoms with van der Waals surface area (Å²) in [6.07, 6.45) is 10.1. The summed E-state index contributed by atoms with van der Waals surface area (Å²) in [5.74, 6) is 0. The smallest absolute Gasteiger partial charge is 0.0864 e. The van der Waals surface area contributed by atoms with E-state index in [-0.39, 0.29) is 0 Å². The van der Waals surface area contributed by atoms with Crippen molar-refractivity contribution in [2.75, 3.05) is 19.0 Å². The molecule has 0 radical (unpaired) electrons. The van der Waals surface area contributed by atoms with Gasteiger partial charge in [-0.3, -0.25) is 0 Å². The standard InChI is InChI=1S/C10H13N.C5H6O/c1-4-9-5-7-10(8-6-9)11(2)3;1-2-4-6-5-3-1/h4-8H,1H2,2-3H3;2-5H,1H2. The molecule has 2 rings (SSSR count). The molecule has 0 unspecified atom stereocenters. The van der Waals surface area contributed by atoms with E-state index in [0.29, 0.717) is 0 Å². The number of allylic oxidation sites excluding steroid dienone is 2. The van der Waals surface area contributed by atoms with Gasteiger partial charge in [-0.05, 0) is 36.3 Å². The summed E-state index contributed by atoms with van der Waals surface area (Å²) in [5, 5.41) is 0. The third kappa shape index (κ3) is 5.07. The molecular formula is C15H19NO. The summed E-state index contributed by atoms with van der Waals surface area (Å²) in [7, 11) is 4.06. The molecule has 0 spiro atoms. The highest BCUT2D eigenvalue weighted by Gasteiger charge is 1.91. The summed E-state index contributed by atoms with van der Waals surface area (Å²) in [4.78, 5) is 2.08. The molecule has 0 aliphatic carbocycles. The van der Waals surface area contributed by atoms with Crippen molar-refractivity contribution in [2.24, 2.45) is 0 Å². The molecular weight excluding hydrogens is 210 g/mol. The van der Waals surface area contributed by atoms with Gasteiger partial charge in [-0.15, -0.1) is 0 Å². The number of nitrogens with zero attached hydrogens (tertiary/aromatic N) is 1. The molecule has 17 heavy (non-hydrogen) atoms. The lowest BCUT2D eigenvalue weighted by Crippen LogP contribution is -2.07. The van der Waals surface area contributed by atoms with E-state index >= 15 is 0 Å². The topological polar surface area (TPSA) is 12.5 Å². The van der Waals surface area contributed by atoms with E-state index in [0.717, 1.165) is 12.0 Å². The van der Waals surface area contributed by atoms with E-state index < -0.39 is 0 Å². The van der Waals surface area contributed by atoms with Crippen molar-refractivity contribution in [3.63, 3.8) is 0 Å². The zero-order chi connectivity index (χ0) is 12.5. The monoisotopic (exact) mass is 229 g/mol. The fraction of sp³-hybridized carbons (Fsp3) is 0.200. The van der Waals surface area contributed by atoms with Crippen molar-refractivity contribution in [1.29, 1.82) is 0 Å². The van der Waals surface area contributed by atoms with Gasteiger partial charge in [-0.25, -0.2) is 0 Å². The fourth-order valence-electron chi connectivity index (χ4n) is 1.25. The average Bonchev–Trinajstić information content (AvgIpc) is 2.41. The Morgan fingerprint density at radius 3 is 2.00 bits per heavy atom. The first kappa shape index (κ1) is 13.1. The van der Waals surface area contributed by atoms with Crippen LogP contribution in [0.5, 0.6) is 0 Å². The molecule has 2 heteroatoms. The van der Waals surface area contributed by atoms with E-state index in [9.17, 15) is 0 Å². The first-order valence-corrected chi connectivity index (χ1v) is 5.59. The maximum atomic E-state index is 4.71. The van der Waals surface area contributed by atoms with Crippen molar-refractivity contribution < 1.29 is 4.74 Å². The summed E-state index contributed by atoms with van der Waals surface area (Å²) in [6.45, 7) is 3.69. The molecule has 1 aliphatic rings. The van der Waals surface area contributed by atoms with Gasteiger partial charge in [0.25, 0.3) is 0 Å². The normalized spacial score (nSPS) is 12.1. The minimum absolute atomic E-state index is 1.01. The number of ether oxygens (including phenoxy) is 1. The van der Waals surface area contributed by atoms with Crippen LogP contribution in [0.1, 0.15) is 12.0 Å². The lowest BCUT2D eigenvalue weighted by molar-refractivity contribution is 0.393. The lowest BCUT2D eigenvalue weighted by atomic mass is 10.2. The van der Waals surface area contributed by atoms with Gasteiger partial charge in [-0.2, -0.15) is 0 Å². The molecule has 0 aromatic heterocycles. The fourth-order valence-corrected chi connectivity index (χ4v) is 1.25. The zero-order valence-corrected chi connectivity index (χ0v) is 10.5. The van der Waals surface area contributed by atoms with Crippen LogP contribution in [-0.4, -0.2) is 14.1 Å². The number of benzene rings is 1. The van der Waals surface area contributed by atoms with Crippen LogP contribution in [-0.2, 0) is 4.74 Å². The maximum absolute atomic E-state index is 4.71. The first-order chi connectivity index (χ1) is 8.24. The van der Waals surface area contributed by atoms with Gasteiger partial charge in [0.1, 0.15) is 0 Å². The number of hydrogen-bond acceptors (Lipinski definition) is 2. The molecule has 0 saturated heterocycles. The molecule has 2 nitrogen and oxygen atoms in total. The Bertz CT molecular complexity index is 368. The molecule has 0 amide bonds. The van der Waals surface area contributed by atoms with Crippen molar-refractivity contribution in [3.8, 4) is 0 Å². The maximum Gasteiger partial charge on any atom is 0.0864 e. The molecule has 0 N–H and O–H groups in total. The Morgan fingerprint density at radius 1 is 1.12 bits per heavy atom. The van der Waals surface area contributed by atoms with Crippen LogP contribution in [0.3, 0.4) is 0 Å². The Hall–Kier alpha value is -1.96. The highest BCUT2D eigenvalue weighted by atomic mass is 16.5. The van der Waals surface area contributed by atoms with Crippen LogP contribution in [0.15, 0.2) is 55.5 Å². The Kier molecular flexibility index (Phi) is 5.66. The number of anilines is 1. The van der Waals surface area contributed by atoms with Crippen LogP contribution in [0, 0.1) is 0 Å². The second-order valence-electron chi connectivity index (χ2n) is 3.81. The van der Waals surface area contributed by atoms with Crippen molar-refractivity contribution in [2.45, 2.75) is 6.42 Å². The summed E-state index contributed by atoms with van der Waals surface area (Å²) >= 11 is 0. The Morgan fingerprint density at radius 2 is 1.71 bits per heavy atom. The van der Waals surface area contributed by atoms with Crippen molar-refractivity contribution in [3.05, 3.63) is 61.1 Å². The largest absolute Gasteiger partial charge is 0.473 e. The van der Waals surface area contributed by atoms with Crippen molar-refractivity contribution in [1.82, 2.24) is 0 Å². The van der Waals surface area contributed by atoms with Gasteiger partial charge in [0.15, 0.2) is 0 Å². The molecule has 1 aromatic carbocycles. The zero-order valence-electron chi connectivity index (χ0n) is 10.5. The molecule has 0 saturated carbocycles. The average molecular weight is 229 g/mol. The van der Waals surface area contributed by atoms with Crippen LogP contribution in [0.2, 0.25) is 0 Å². The minimum Gasteiger partial charge on any atom is -0.473 e. The van der Waals surface area contributed by atoms with Gasteiger partial charge in [0, 0.05) is 19.8 Å². The third-order valence-electron chi connectivity index (χ3n) is 2.27. The predicted molar refractivity (Wildman–Crippen MR) is 74.8 cm³/mol. The quantitative estimate of drug-likeness (QED) is 0.764. The van der Waals surface area contributed by atoms with E-state index in [2.05, 4.69) is 35.7 Å². The molecule has 90 valence electrons. The highest BCUT2D eigenvalue weighted by molar-refractivity contribution is 5.54. The highest BCUT2D eigenvalue weighted by Crippen LogP contribution is 2.12. The van der Waals surface area contributed by atoms with Gasteiger partial charge < -0.3 is 9.64 Å². The molecule has 0 bridgehead atoms. The third-order valence-corrected chi connectivity index (χ3v) is 2.27. The van der Waals surface area contributed by atoms with Gasteiger partial charge in [0.2, 0.25) is 0 Å². The molecule has 0 atom stereocenters. The molecule has 1 aliphatic heterocycles. The molecule has 1 heterocycles. The van der Waals surface area contributed by atoms with Gasteiger partial charge >= 0.3 is 0 Å². The first-order valence-electron chi connectivity index (χ1n) is 5.59. The van der Waals surface area contributed by atoms with Crippen LogP contribution in [0.25, 0.3) is 6.08 Å². The second-order valence-corrected chi connectivity index (χ2v) is 3.81. The van der Waals surface area contributed by atoms with Crippen molar-refractivity contribution >= 4 is 11.8 Å². The van der Waals surface area contributed by atoms with Gasteiger partial charge in [0.05, 0.1) is 12.5 Å². The van der Waals surface area contributed by atoms with E-state index in [1.807, 2.05) is 32.3 Å². The van der Waals surface area contributed by atoms with Crippen LogP contribution in [0.4, 0.5) is 5.69 Å². The number of hydrogen-bond donors (Lipinski definition) is 0. The summed E-state index contributed by atoms with van der Waals surface area (Å²) in [5.41, 5.74) is 2.38. The summed E-state index contributed by atoms with van der Waals surface area (Å²) < 4.78 is 4.71. The second kappa shape index (κ2) is 7.34. The minimum atomic E-state index is 1.01. The lowest BCUT2D eigenvalue weighted by Gasteiger charge is -2.11. The Labute approximate surface area is 104 Å². The van der Waals surface area contributed by atoms with Crippen LogP contribution < -0.4 is 4.90 Å². The summed E-state index contributed by atoms with van der Waals surface area (Å²) in [6, 6.07) is 8.28. The van der Waals surface area contributed by atoms with E-state index in [4.69, 9.17) is 4.74 Å². The molecule has 1 aromatic rings. The van der Waals surface area contributed by atoms with Gasteiger partial charge in [-0.1, -0.05) is 24.8 Å². The van der Waals surface area contributed by atoms with E-state index in [1.54, 1.807) is 12.5 Å². The SMILES string of the molecule is C1=COC=CC1.C=Cc1ccc(N(C)C)cc1. The Balaban J connectivity index is 0.000000202. The number of rotatable bonds is 2. The molecule has 0 fully saturated rings. The predicted octanol–water partition coefficient (Wildman–Crippen LogP) is 3.83. The van der Waals surface area contributed by atoms with E-state index in [1.165, 1.54) is 5.69 Å². The van der Waals surface area contributed by atoms with Crippen LogP contribution >= 0.6 is 0 Å².